The molecule has 0 atom stereocenters. The molecule has 2 aromatic carbocycles. The number of benzene rings is 2. The van der Waals surface area contributed by atoms with Gasteiger partial charge in [-0.05, 0) is 42.3 Å². The van der Waals surface area contributed by atoms with Crippen LogP contribution in [-0.2, 0) is 6.42 Å². The molecule has 2 N–H and O–H groups in total. The SMILES string of the molecule is CCc1ccc(Nc2nccc(C(=O)Nc3ccc(OC)cc3OC)n2)cc1. The predicted molar refractivity (Wildman–Crippen MR) is 109 cm³/mol. The fourth-order valence-corrected chi connectivity index (χ4v) is 2.59. The summed E-state index contributed by atoms with van der Waals surface area (Å²) in [5.41, 5.74) is 2.86. The van der Waals surface area contributed by atoms with Crippen molar-refractivity contribution in [2.75, 3.05) is 24.9 Å². The lowest BCUT2D eigenvalue weighted by molar-refractivity contribution is 0.102. The number of ether oxygens (including phenoxy) is 2. The lowest BCUT2D eigenvalue weighted by Crippen LogP contribution is -2.15. The number of carbonyl (C=O) groups is 1. The number of aromatic nitrogens is 2. The Morgan fingerprint density at radius 2 is 1.82 bits per heavy atom. The molecule has 1 amide bonds. The van der Waals surface area contributed by atoms with Crippen LogP contribution in [0.5, 0.6) is 11.5 Å². The second-order valence-electron chi connectivity index (χ2n) is 5.96. The van der Waals surface area contributed by atoms with Gasteiger partial charge in [0.05, 0.1) is 19.9 Å². The molecule has 0 bridgehead atoms. The van der Waals surface area contributed by atoms with Crippen LogP contribution in [0.2, 0.25) is 0 Å². The van der Waals surface area contributed by atoms with Crippen molar-refractivity contribution in [1.29, 1.82) is 0 Å². The lowest BCUT2D eigenvalue weighted by atomic mass is 10.1. The summed E-state index contributed by atoms with van der Waals surface area (Å²) in [5.74, 6) is 1.11. The van der Waals surface area contributed by atoms with E-state index in [1.165, 1.54) is 18.9 Å². The molecule has 1 heterocycles. The highest BCUT2D eigenvalue weighted by molar-refractivity contribution is 6.03. The molecular weight excluding hydrogens is 356 g/mol. The fourth-order valence-electron chi connectivity index (χ4n) is 2.59. The van der Waals surface area contributed by atoms with Gasteiger partial charge in [-0.1, -0.05) is 19.1 Å². The van der Waals surface area contributed by atoms with E-state index in [0.717, 1.165) is 12.1 Å². The Balaban J connectivity index is 1.75. The van der Waals surface area contributed by atoms with Gasteiger partial charge in [-0.3, -0.25) is 4.79 Å². The zero-order valence-corrected chi connectivity index (χ0v) is 16.0. The first kappa shape index (κ1) is 19.2. The van der Waals surface area contributed by atoms with Gasteiger partial charge in [0.2, 0.25) is 5.95 Å². The Kier molecular flexibility index (Phi) is 6.06. The van der Waals surface area contributed by atoms with Crippen molar-refractivity contribution in [2.45, 2.75) is 13.3 Å². The Morgan fingerprint density at radius 1 is 1.04 bits per heavy atom. The highest BCUT2D eigenvalue weighted by Gasteiger charge is 2.13. The van der Waals surface area contributed by atoms with Crippen LogP contribution < -0.4 is 20.1 Å². The summed E-state index contributed by atoms with van der Waals surface area (Å²) in [4.78, 5) is 21.1. The maximum absolute atomic E-state index is 12.6. The first-order chi connectivity index (χ1) is 13.6. The second-order valence-corrected chi connectivity index (χ2v) is 5.96. The fraction of sp³-hybridized carbons (Fsp3) is 0.190. The minimum absolute atomic E-state index is 0.237. The number of rotatable bonds is 7. The molecule has 7 nitrogen and oxygen atoms in total. The number of aryl methyl sites for hydroxylation is 1. The number of hydrogen-bond acceptors (Lipinski definition) is 6. The van der Waals surface area contributed by atoms with E-state index in [1.54, 1.807) is 31.4 Å². The van der Waals surface area contributed by atoms with Crippen LogP contribution in [0.25, 0.3) is 0 Å². The van der Waals surface area contributed by atoms with Gasteiger partial charge in [-0.25, -0.2) is 9.97 Å². The molecule has 1 aromatic heterocycles. The molecule has 0 radical (unpaired) electrons. The van der Waals surface area contributed by atoms with Gasteiger partial charge in [-0.2, -0.15) is 0 Å². The van der Waals surface area contributed by atoms with E-state index in [4.69, 9.17) is 9.47 Å². The molecule has 0 aliphatic carbocycles. The van der Waals surface area contributed by atoms with Crippen LogP contribution in [0, 0.1) is 0 Å². The van der Waals surface area contributed by atoms with E-state index >= 15 is 0 Å². The molecule has 0 saturated heterocycles. The quantitative estimate of drug-likeness (QED) is 0.645. The highest BCUT2D eigenvalue weighted by atomic mass is 16.5. The molecule has 0 fully saturated rings. The van der Waals surface area contributed by atoms with E-state index in [2.05, 4.69) is 27.5 Å². The minimum atomic E-state index is -0.366. The van der Waals surface area contributed by atoms with Crippen molar-refractivity contribution in [1.82, 2.24) is 9.97 Å². The van der Waals surface area contributed by atoms with Gasteiger partial charge in [-0.15, -0.1) is 0 Å². The van der Waals surface area contributed by atoms with Gasteiger partial charge < -0.3 is 20.1 Å². The van der Waals surface area contributed by atoms with Gasteiger partial charge >= 0.3 is 0 Å². The third-order valence-electron chi connectivity index (χ3n) is 4.16. The van der Waals surface area contributed by atoms with Crippen molar-refractivity contribution in [3.8, 4) is 11.5 Å². The lowest BCUT2D eigenvalue weighted by Gasteiger charge is -2.12. The monoisotopic (exact) mass is 378 g/mol. The zero-order chi connectivity index (χ0) is 19.9. The molecule has 0 aliphatic rings. The largest absolute Gasteiger partial charge is 0.497 e. The van der Waals surface area contributed by atoms with Crippen LogP contribution in [-0.4, -0.2) is 30.1 Å². The predicted octanol–water partition coefficient (Wildman–Crippen LogP) is 4.05. The standard InChI is InChI=1S/C21H22N4O3/c1-4-14-5-7-15(8-6-14)23-21-22-12-11-18(25-21)20(26)24-17-10-9-16(27-2)13-19(17)28-3/h5-13H,4H2,1-3H3,(H,24,26)(H,22,23,25). The number of hydrogen-bond donors (Lipinski definition) is 2. The number of nitrogens with zero attached hydrogens (tertiary/aromatic N) is 2. The normalized spacial score (nSPS) is 10.2. The molecule has 7 heteroatoms. The van der Waals surface area contributed by atoms with Crippen molar-refractivity contribution >= 4 is 23.2 Å². The summed E-state index contributed by atoms with van der Waals surface area (Å²) < 4.78 is 10.5. The molecule has 3 rings (SSSR count). The molecule has 3 aromatic rings. The molecular formula is C21H22N4O3. The second kappa shape index (κ2) is 8.85. The third kappa shape index (κ3) is 4.56. The number of anilines is 3. The molecule has 28 heavy (non-hydrogen) atoms. The smallest absolute Gasteiger partial charge is 0.274 e. The van der Waals surface area contributed by atoms with Crippen LogP contribution in [0.4, 0.5) is 17.3 Å². The Morgan fingerprint density at radius 3 is 2.50 bits per heavy atom. The van der Waals surface area contributed by atoms with Gasteiger partial charge in [0, 0.05) is 18.0 Å². The van der Waals surface area contributed by atoms with Crippen LogP contribution in [0.1, 0.15) is 23.0 Å². The highest BCUT2D eigenvalue weighted by Crippen LogP contribution is 2.29. The Hall–Kier alpha value is -3.61. The van der Waals surface area contributed by atoms with E-state index in [0.29, 0.717) is 23.1 Å². The summed E-state index contributed by atoms with van der Waals surface area (Å²) >= 11 is 0. The topological polar surface area (TPSA) is 85.4 Å². The van der Waals surface area contributed by atoms with Crippen LogP contribution in [0.15, 0.2) is 54.7 Å². The van der Waals surface area contributed by atoms with E-state index in [1.807, 2.05) is 24.3 Å². The van der Waals surface area contributed by atoms with Crippen molar-refractivity contribution < 1.29 is 14.3 Å². The number of nitrogens with one attached hydrogen (secondary N) is 2. The average Bonchev–Trinajstić information content (AvgIpc) is 2.74. The number of amides is 1. The molecule has 0 saturated carbocycles. The Bertz CT molecular complexity index is 958. The number of methoxy groups -OCH3 is 2. The molecule has 0 unspecified atom stereocenters. The molecule has 144 valence electrons. The number of carbonyl (C=O) groups excluding carboxylic acids is 1. The summed E-state index contributed by atoms with van der Waals surface area (Å²) in [6.07, 6.45) is 2.51. The van der Waals surface area contributed by atoms with Crippen molar-refractivity contribution in [2.24, 2.45) is 0 Å². The Labute approximate surface area is 163 Å². The summed E-state index contributed by atoms with van der Waals surface area (Å²) in [6, 6.07) is 14.7. The first-order valence-corrected chi connectivity index (χ1v) is 8.85. The zero-order valence-electron chi connectivity index (χ0n) is 16.0. The van der Waals surface area contributed by atoms with Crippen LogP contribution >= 0.6 is 0 Å². The maximum Gasteiger partial charge on any atom is 0.274 e. The first-order valence-electron chi connectivity index (χ1n) is 8.85. The summed E-state index contributed by atoms with van der Waals surface area (Å²) in [5, 5.41) is 5.91. The average molecular weight is 378 g/mol. The van der Waals surface area contributed by atoms with Gasteiger partial charge in [0.1, 0.15) is 17.2 Å². The molecule has 0 aliphatic heterocycles. The maximum atomic E-state index is 12.6. The van der Waals surface area contributed by atoms with Gasteiger partial charge in [0.15, 0.2) is 0 Å². The van der Waals surface area contributed by atoms with E-state index in [-0.39, 0.29) is 11.6 Å². The van der Waals surface area contributed by atoms with E-state index < -0.39 is 0 Å². The third-order valence-corrected chi connectivity index (χ3v) is 4.16. The molecule has 0 spiro atoms. The summed E-state index contributed by atoms with van der Waals surface area (Å²) in [7, 11) is 3.10. The summed E-state index contributed by atoms with van der Waals surface area (Å²) in [6.45, 7) is 2.10. The van der Waals surface area contributed by atoms with Gasteiger partial charge in [0.25, 0.3) is 5.91 Å². The minimum Gasteiger partial charge on any atom is -0.497 e. The van der Waals surface area contributed by atoms with Crippen molar-refractivity contribution in [3.63, 3.8) is 0 Å². The van der Waals surface area contributed by atoms with E-state index in [9.17, 15) is 4.79 Å². The van der Waals surface area contributed by atoms with Crippen molar-refractivity contribution in [3.05, 3.63) is 66.0 Å². The van der Waals surface area contributed by atoms with Crippen LogP contribution in [0.3, 0.4) is 0 Å².